The third-order valence-electron chi connectivity index (χ3n) is 1.71. The molecule has 2 N–H and O–H groups in total. The van der Waals surface area contributed by atoms with E-state index >= 15 is 0 Å². The SMILES string of the molecule is C[N+](C)(C)CCO.C[N+](C)(C)CCO.O=C([O-])C(=O)[O-]. The standard InChI is InChI=1S/2C5H14NO.C2H2O4/c2*1-6(2,3)4-5-7;3-1(4)2(5)6/h2*7H,4-5H2,1-3H3;(H,3,4)(H,5,6)/q2*+1;/p-2. The number of carbonyl (C=O) groups is 2. The first-order valence-electron chi connectivity index (χ1n) is 6.01. The van der Waals surface area contributed by atoms with E-state index in [1.165, 1.54) is 0 Å². The fraction of sp³-hybridized carbons (Fsp3) is 0.833. The lowest BCUT2D eigenvalue weighted by Crippen LogP contribution is -2.42. The molecule has 0 rings (SSSR count). The molecule has 0 aromatic heterocycles. The van der Waals surface area contributed by atoms with E-state index in [1.54, 1.807) is 0 Å². The summed E-state index contributed by atoms with van der Waals surface area (Å²) in [4.78, 5) is 17.9. The Morgan fingerprint density at radius 2 is 0.950 bits per heavy atom. The van der Waals surface area contributed by atoms with Crippen molar-refractivity contribution in [2.75, 3.05) is 68.6 Å². The zero-order valence-corrected chi connectivity index (χ0v) is 13.3. The van der Waals surface area contributed by atoms with Crippen molar-refractivity contribution >= 4 is 11.9 Å². The van der Waals surface area contributed by atoms with Gasteiger partial charge in [0, 0.05) is 0 Å². The average molecular weight is 296 g/mol. The highest BCUT2D eigenvalue weighted by Crippen LogP contribution is 1.85. The summed E-state index contributed by atoms with van der Waals surface area (Å²) in [6.07, 6.45) is 0. The summed E-state index contributed by atoms with van der Waals surface area (Å²) in [5, 5.41) is 34.6. The third kappa shape index (κ3) is 36.0. The van der Waals surface area contributed by atoms with E-state index in [1.807, 2.05) is 0 Å². The molecule has 0 saturated heterocycles. The van der Waals surface area contributed by atoms with Crippen LogP contribution in [-0.4, -0.2) is 99.7 Å². The topological polar surface area (TPSA) is 121 Å². The molecule has 0 fully saturated rings. The number of likely N-dealkylation sites (N-methyl/N-ethyl adjacent to an activating group) is 2. The molecule has 0 atom stereocenters. The predicted octanol–water partition coefficient (Wildman–Crippen LogP) is -4.14. The summed E-state index contributed by atoms with van der Waals surface area (Å²) < 4.78 is 1.69. The maximum absolute atomic E-state index is 8.93. The number of rotatable bonds is 4. The number of carboxylic acids is 2. The van der Waals surface area contributed by atoms with Crippen molar-refractivity contribution in [1.82, 2.24) is 0 Å². The molecule has 0 radical (unpaired) electrons. The van der Waals surface area contributed by atoms with Crippen LogP contribution in [0.5, 0.6) is 0 Å². The van der Waals surface area contributed by atoms with E-state index in [2.05, 4.69) is 42.3 Å². The molecule has 20 heavy (non-hydrogen) atoms. The van der Waals surface area contributed by atoms with Crippen LogP contribution in [0.25, 0.3) is 0 Å². The second-order valence-corrected chi connectivity index (χ2v) is 6.05. The first-order valence-corrected chi connectivity index (χ1v) is 6.01. The zero-order chi connectivity index (χ0) is 17.0. The molecule has 0 heterocycles. The van der Waals surface area contributed by atoms with Crippen molar-refractivity contribution in [1.29, 1.82) is 0 Å². The molecular weight excluding hydrogens is 268 g/mol. The summed E-state index contributed by atoms with van der Waals surface area (Å²) in [6.45, 7) is 2.23. The highest BCUT2D eigenvalue weighted by atomic mass is 16.4. The van der Waals surface area contributed by atoms with Crippen LogP contribution in [0.3, 0.4) is 0 Å². The lowest BCUT2D eigenvalue weighted by molar-refractivity contribution is -0.870. The van der Waals surface area contributed by atoms with Crippen molar-refractivity contribution in [3.05, 3.63) is 0 Å². The highest BCUT2D eigenvalue weighted by molar-refractivity contribution is 6.25. The predicted molar refractivity (Wildman–Crippen MR) is 70.0 cm³/mol. The maximum atomic E-state index is 8.93. The molecule has 0 saturated carbocycles. The van der Waals surface area contributed by atoms with E-state index in [4.69, 9.17) is 30.0 Å². The van der Waals surface area contributed by atoms with E-state index in [0.29, 0.717) is 0 Å². The molecule has 0 aliphatic rings. The molecule has 0 aliphatic heterocycles. The van der Waals surface area contributed by atoms with Gasteiger partial charge in [-0.3, -0.25) is 0 Å². The number of hydrogen-bond acceptors (Lipinski definition) is 6. The van der Waals surface area contributed by atoms with Crippen LogP contribution in [0.15, 0.2) is 0 Å². The van der Waals surface area contributed by atoms with Crippen LogP contribution in [-0.2, 0) is 9.59 Å². The van der Waals surface area contributed by atoms with Gasteiger partial charge >= 0.3 is 0 Å². The number of quaternary nitrogens is 2. The highest BCUT2D eigenvalue weighted by Gasteiger charge is 2.02. The van der Waals surface area contributed by atoms with E-state index in [0.717, 1.165) is 22.1 Å². The van der Waals surface area contributed by atoms with Gasteiger partial charge in [-0.05, 0) is 0 Å². The molecule has 8 heteroatoms. The Kier molecular flexibility index (Phi) is 13.8. The number of aliphatic hydroxyl groups excluding tert-OH is 2. The Balaban J connectivity index is -0.000000218. The Bertz CT molecular complexity index is 240. The average Bonchev–Trinajstić information content (AvgIpc) is 2.15. The molecule has 0 amide bonds. The largest absolute Gasteiger partial charge is 0.543 e. The van der Waals surface area contributed by atoms with E-state index < -0.39 is 11.9 Å². The molecule has 0 unspecified atom stereocenters. The van der Waals surface area contributed by atoms with Crippen LogP contribution in [0, 0.1) is 0 Å². The fourth-order valence-electron chi connectivity index (χ4n) is 0.600. The van der Waals surface area contributed by atoms with Crippen LogP contribution < -0.4 is 10.2 Å². The van der Waals surface area contributed by atoms with Gasteiger partial charge in [-0.1, -0.05) is 0 Å². The zero-order valence-electron chi connectivity index (χ0n) is 13.3. The molecule has 0 aliphatic carbocycles. The minimum atomic E-state index is -2.19. The van der Waals surface area contributed by atoms with Crippen molar-refractivity contribution in [3.8, 4) is 0 Å². The summed E-state index contributed by atoms with van der Waals surface area (Å²) in [5.41, 5.74) is 0. The van der Waals surface area contributed by atoms with Gasteiger partial charge in [0.05, 0.1) is 67.4 Å². The van der Waals surface area contributed by atoms with Gasteiger partial charge in [0.2, 0.25) is 0 Å². The Morgan fingerprint density at radius 3 is 0.950 bits per heavy atom. The van der Waals surface area contributed by atoms with Gasteiger partial charge in [0.15, 0.2) is 0 Å². The summed E-state index contributed by atoms with van der Waals surface area (Å²) >= 11 is 0. The minimum absolute atomic E-state index is 0.281. The summed E-state index contributed by atoms with van der Waals surface area (Å²) in [6, 6.07) is 0. The lowest BCUT2D eigenvalue weighted by Gasteiger charge is -2.21. The van der Waals surface area contributed by atoms with Crippen molar-refractivity contribution < 1.29 is 39.0 Å². The van der Waals surface area contributed by atoms with Gasteiger partial charge in [0.1, 0.15) is 13.1 Å². The third-order valence-corrected chi connectivity index (χ3v) is 1.71. The van der Waals surface area contributed by atoms with Crippen LogP contribution in [0.1, 0.15) is 0 Å². The second-order valence-electron chi connectivity index (χ2n) is 6.05. The minimum Gasteiger partial charge on any atom is -0.543 e. The van der Waals surface area contributed by atoms with Crippen LogP contribution >= 0.6 is 0 Å². The molecular formula is C12H28N2O6. The van der Waals surface area contributed by atoms with Crippen molar-refractivity contribution in [2.24, 2.45) is 0 Å². The van der Waals surface area contributed by atoms with Crippen LogP contribution in [0.4, 0.5) is 0 Å². The fourth-order valence-corrected chi connectivity index (χ4v) is 0.600. The Morgan fingerprint density at radius 1 is 0.750 bits per heavy atom. The number of carboxylic acid groups (broad SMARTS) is 2. The Hall–Kier alpha value is -1.22. The monoisotopic (exact) mass is 296 g/mol. The van der Waals surface area contributed by atoms with Gasteiger partial charge in [0.25, 0.3) is 0 Å². The first-order chi connectivity index (χ1) is 8.76. The van der Waals surface area contributed by atoms with E-state index in [-0.39, 0.29) is 13.2 Å². The molecule has 8 nitrogen and oxygen atoms in total. The van der Waals surface area contributed by atoms with Gasteiger partial charge in [-0.15, -0.1) is 0 Å². The van der Waals surface area contributed by atoms with Crippen LogP contribution in [0.2, 0.25) is 0 Å². The van der Waals surface area contributed by atoms with Crippen molar-refractivity contribution in [2.45, 2.75) is 0 Å². The molecule has 0 bridgehead atoms. The summed E-state index contributed by atoms with van der Waals surface area (Å²) in [5.74, 6) is -4.37. The molecule has 0 aromatic carbocycles. The number of aliphatic carboxylic acids is 2. The van der Waals surface area contributed by atoms with Gasteiger partial charge in [-0.2, -0.15) is 0 Å². The van der Waals surface area contributed by atoms with Crippen molar-refractivity contribution in [3.63, 3.8) is 0 Å². The second kappa shape index (κ2) is 11.6. The number of aliphatic hydroxyl groups is 2. The van der Waals surface area contributed by atoms with E-state index in [9.17, 15) is 0 Å². The Labute approximate surface area is 120 Å². The number of carbonyl (C=O) groups excluding carboxylic acids is 2. The summed E-state index contributed by atoms with van der Waals surface area (Å²) in [7, 11) is 12.3. The number of nitrogens with zero attached hydrogens (tertiary/aromatic N) is 2. The maximum Gasteiger partial charge on any atom is 0.101 e. The normalized spacial score (nSPS) is 10.6. The van der Waals surface area contributed by atoms with Gasteiger partial charge in [-0.25, -0.2) is 0 Å². The molecule has 0 aromatic rings. The van der Waals surface area contributed by atoms with Gasteiger partial charge < -0.3 is 39.0 Å². The quantitative estimate of drug-likeness (QED) is 0.401. The number of hydrogen-bond donors (Lipinski definition) is 2. The molecule has 122 valence electrons. The first kappa shape index (κ1) is 23.8. The molecule has 0 spiro atoms. The lowest BCUT2D eigenvalue weighted by atomic mass is 10.5. The smallest absolute Gasteiger partial charge is 0.101 e.